The van der Waals surface area contributed by atoms with Gasteiger partial charge in [-0.15, -0.1) is 10.2 Å². The van der Waals surface area contributed by atoms with E-state index in [0.29, 0.717) is 17.2 Å². The zero-order chi connectivity index (χ0) is 19.4. The lowest BCUT2D eigenvalue weighted by Crippen LogP contribution is -2.13. The zero-order valence-electron chi connectivity index (χ0n) is 15.1. The van der Waals surface area contributed by atoms with Gasteiger partial charge in [-0.1, -0.05) is 18.3 Å². The van der Waals surface area contributed by atoms with Gasteiger partial charge in [-0.3, -0.25) is 4.72 Å². The number of benzene rings is 2. The molecule has 0 fully saturated rings. The molecule has 1 aromatic heterocycles. The van der Waals surface area contributed by atoms with Crippen molar-refractivity contribution in [3.63, 3.8) is 0 Å². The number of sulfonamides is 1. The Balaban J connectivity index is 1.83. The van der Waals surface area contributed by atoms with Crippen LogP contribution in [0.2, 0.25) is 0 Å². The smallest absolute Gasteiger partial charge is 0.263 e. The molecule has 0 saturated carbocycles. The largest absolute Gasteiger partial charge is 0.497 e. The number of aryl methyl sites for hydroxylation is 1. The molecule has 0 spiro atoms. The molecule has 9 heteroatoms. The van der Waals surface area contributed by atoms with E-state index in [0.717, 1.165) is 28.2 Å². The molecule has 0 aliphatic heterocycles. The summed E-state index contributed by atoms with van der Waals surface area (Å²) in [6.45, 7) is 1.94. The lowest BCUT2D eigenvalue weighted by Gasteiger charge is -2.10. The summed E-state index contributed by atoms with van der Waals surface area (Å²) in [5, 5.41) is 8.82. The Labute approximate surface area is 162 Å². The number of rotatable bonds is 7. The molecule has 3 aromatic rings. The molecule has 3 rings (SSSR count). The summed E-state index contributed by atoms with van der Waals surface area (Å²) in [7, 11) is -0.616. The number of hydrogen-bond donors (Lipinski definition) is 1. The average molecular weight is 406 g/mol. The van der Waals surface area contributed by atoms with Gasteiger partial charge in [0.1, 0.15) is 16.5 Å². The molecule has 0 aliphatic rings. The predicted molar refractivity (Wildman–Crippen MR) is 105 cm³/mol. The SMILES string of the molecule is CCc1cc(S(=O)(=O)Nc2nnc(-c3ccc(OC)cc3)s2)ccc1OC. The monoisotopic (exact) mass is 405 g/mol. The Bertz CT molecular complexity index is 1030. The van der Waals surface area contributed by atoms with Crippen molar-refractivity contribution in [3.8, 4) is 22.1 Å². The van der Waals surface area contributed by atoms with E-state index < -0.39 is 10.0 Å². The molecule has 27 heavy (non-hydrogen) atoms. The highest BCUT2D eigenvalue weighted by Gasteiger charge is 2.19. The predicted octanol–water partition coefficient (Wildman–Crippen LogP) is 3.59. The van der Waals surface area contributed by atoms with Crippen molar-refractivity contribution in [2.45, 2.75) is 18.2 Å². The maximum absolute atomic E-state index is 12.7. The first-order chi connectivity index (χ1) is 13.0. The molecule has 142 valence electrons. The quantitative estimate of drug-likeness (QED) is 0.646. The number of hydrogen-bond acceptors (Lipinski definition) is 7. The summed E-state index contributed by atoms with van der Waals surface area (Å²) in [5.74, 6) is 1.39. The van der Waals surface area contributed by atoms with Crippen molar-refractivity contribution in [2.75, 3.05) is 18.9 Å². The minimum Gasteiger partial charge on any atom is -0.497 e. The molecule has 2 aromatic carbocycles. The molecule has 0 bridgehead atoms. The third-order valence-corrected chi connectivity index (χ3v) is 6.28. The zero-order valence-corrected chi connectivity index (χ0v) is 16.7. The van der Waals surface area contributed by atoms with Crippen LogP contribution < -0.4 is 14.2 Å². The van der Waals surface area contributed by atoms with Gasteiger partial charge in [-0.05, 0) is 54.4 Å². The van der Waals surface area contributed by atoms with Crippen LogP contribution in [0.3, 0.4) is 0 Å². The molecular weight excluding hydrogens is 386 g/mol. The first kappa shape index (κ1) is 19.1. The summed E-state index contributed by atoms with van der Waals surface area (Å²) in [6, 6.07) is 12.1. The van der Waals surface area contributed by atoms with E-state index in [1.165, 1.54) is 6.07 Å². The van der Waals surface area contributed by atoms with Gasteiger partial charge < -0.3 is 9.47 Å². The molecule has 0 amide bonds. The van der Waals surface area contributed by atoms with E-state index in [9.17, 15) is 8.42 Å². The fraction of sp³-hybridized carbons (Fsp3) is 0.222. The standard InChI is InChI=1S/C18H19N3O4S2/c1-4-12-11-15(9-10-16(12)25-3)27(22,23)21-18-20-19-17(26-18)13-5-7-14(24-2)8-6-13/h5-11H,4H2,1-3H3,(H,20,21). The van der Waals surface area contributed by atoms with Gasteiger partial charge in [0, 0.05) is 5.56 Å². The van der Waals surface area contributed by atoms with Crippen molar-refractivity contribution in [1.29, 1.82) is 0 Å². The van der Waals surface area contributed by atoms with Crippen LogP contribution in [0, 0.1) is 0 Å². The van der Waals surface area contributed by atoms with Crippen molar-refractivity contribution < 1.29 is 17.9 Å². The van der Waals surface area contributed by atoms with Gasteiger partial charge in [-0.2, -0.15) is 0 Å². The highest BCUT2D eigenvalue weighted by molar-refractivity contribution is 7.93. The Morgan fingerprint density at radius 1 is 1.04 bits per heavy atom. The normalized spacial score (nSPS) is 11.2. The molecular formula is C18H19N3O4S2. The summed E-state index contributed by atoms with van der Waals surface area (Å²) in [6.07, 6.45) is 0.660. The van der Waals surface area contributed by atoms with Crippen LogP contribution >= 0.6 is 11.3 Å². The summed E-state index contributed by atoms with van der Waals surface area (Å²) >= 11 is 1.16. The Hall–Kier alpha value is -2.65. The number of nitrogens with zero attached hydrogens (tertiary/aromatic N) is 2. The third-order valence-electron chi connectivity index (χ3n) is 3.93. The van der Waals surface area contributed by atoms with E-state index in [2.05, 4.69) is 14.9 Å². The maximum atomic E-state index is 12.7. The van der Waals surface area contributed by atoms with Crippen molar-refractivity contribution in [2.24, 2.45) is 0 Å². The molecule has 0 radical (unpaired) electrons. The molecule has 0 saturated heterocycles. The fourth-order valence-corrected chi connectivity index (χ4v) is 4.52. The van der Waals surface area contributed by atoms with E-state index in [1.807, 2.05) is 31.2 Å². The average Bonchev–Trinajstić information content (AvgIpc) is 3.15. The number of anilines is 1. The Morgan fingerprint density at radius 3 is 2.41 bits per heavy atom. The van der Waals surface area contributed by atoms with Gasteiger partial charge in [-0.25, -0.2) is 8.42 Å². The van der Waals surface area contributed by atoms with Gasteiger partial charge in [0.2, 0.25) is 5.13 Å². The lowest BCUT2D eigenvalue weighted by molar-refractivity contribution is 0.409. The minimum absolute atomic E-state index is 0.154. The summed E-state index contributed by atoms with van der Waals surface area (Å²) in [5.41, 5.74) is 1.65. The van der Waals surface area contributed by atoms with E-state index in [4.69, 9.17) is 9.47 Å². The van der Waals surface area contributed by atoms with E-state index in [1.54, 1.807) is 26.4 Å². The van der Waals surface area contributed by atoms with E-state index in [-0.39, 0.29) is 10.0 Å². The lowest BCUT2D eigenvalue weighted by atomic mass is 10.1. The second-order valence-electron chi connectivity index (χ2n) is 5.57. The molecule has 0 atom stereocenters. The van der Waals surface area contributed by atoms with Gasteiger partial charge in [0.25, 0.3) is 10.0 Å². The summed E-state index contributed by atoms with van der Waals surface area (Å²) < 4.78 is 38.2. The number of ether oxygens (including phenoxy) is 2. The first-order valence-corrected chi connectivity index (χ1v) is 10.4. The summed E-state index contributed by atoms with van der Waals surface area (Å²) in [4.78, 5) is 0.154. The third kappa shape index (κ3) is 4.20. The van der Waals surface area contributed by atoms with Gasteiger partial charge in [0.05, 0.1) is 19.1 Å². The first-order valence-electron chi connectivity index (χ1n) is 8.14. The topological polar surface area (TPSA) is 90.4 Å². The highest BCUT2D eigenvalue weighted by Crippen LogP contribution is 2.30. The molecule has 1 N–H and O–H groups in total. The van der Waals surface area contributed by atoms with Crippen LogP contribution in [0.1, 0.15) is 12.5 Å². The van der Waals surface area contributed by atoms with E-state index >= 15 is 0 Å². The van der Waals surface area contributed by atoms with Crippen LogP contribution in [0.25, 0.3) is 10.6 Å². The van der Waals surface area contributed by atoms with Crippen LogP contribution in [0.15, 0.2) is 47.4 Å². The second kappa shape index (κ2) is 7.93. The minimum atomic E-state index is -3.77. The molecule has 1 heterocycles. The number of aromatic nitrogens is 2. The van der Waals surface area contributed by atoms with Crippen LogP contribution in [0.5, 0.6) is 11.5 Å². The van der Waals surface area contributed by atoms with Gasteiger partial charge in [0.15, 0.2) is 0 Å². The van der Waals surface area contributed by atoms with Crippen LogP contribution in [-0.2, 0) is 16.4 Å². The molecule has 0 aliphatic carbocycles. The molecule has 7 nitrogen and oxygen atoms in total. The maximum Gasteiger partial charge on any atom is 0.263 e. The fourth-order valence-electron chi connectivity index (χ4n) is 2.49. The Morgan fingerprint density at radius 2 is 1.78 bits per heavy atom. The van der Waals surface area contributed by atoms with Crippen molar-refractivity contribution in [1.82, 2.24) is 10.2 Å². The highest BCUT2D eigenvalue weighted by atomic mass is 32.2. The number of methoxy groups -OCH3 is 2. The van der Waals surface area contributed by atoms with Crippen molar-refractivity contribution in [3.05, 3.63) is 48.0 Å². The van der Waals surface area contributed by atoms with Crippen molar-refractivity contribution >= 4 is 26.5 Å². The second-order valence-corrected chi connectivity index (χ2v) is 8.23. The van der Waals surface area contributed by atoms with Crippen LogP contribution in [-0.4, -0.2) is 32.8 Å². The molecule has 0 unspecified atom stereocenters. The Kier molecular flexibility index (Phi) is 5.62. The van der Waals surface area contributed by atoms with Crippen LogP contribution in [0.4, 0.5) is 5.13 Å². The van der Waals surface area contributed by atoms with Gasteiger partial charge >= 0.3 is 0 Å². The number of nitrogens with one attached hydrogen (secondary N) is 1.